The Balaban J connectivity index is 1.61. The first-order valence-corrected chi connectivity index (χ1v) is 10.3. The Bertz CT molecular complexity index is 1220. The smallest absolute Gasteiger partial charge is 0.274 e. The van der Waals surface area contributed by atoms with Gasteiger partial charge in [-0.3, -0.25) is 19.3 Å². The monoisotopic (exact) mass is 406 g/mol. The third kappa shape index (κ3) is 4.04. The second-order valence-corrected chi connectivity index (χ2v) is 8.01. The number of hydrogen-bond acceptors (Lipinski definition) is 6. The van der Waals surface area contributed by atoms with Crippen LogP contribution in [-0.4, -0.2) is 40.8 Å². The van der Waals surface area contributed by atoms with Crippen LogP contribution in [0.5, 0.6) is 0 Å². The van der Waals surface area contributed by atoms with Gasteiger partial charge in [-0.25, -0.2) is 4.98 Å². The lowest BCUT2D eigenvalue weighted by Crippen LogP contribution is -2.16. The summed E-state index contributed by atoms with van der Waals surface area (Å²) in [5.74, 6) is 1.17. The van der Waals surface area contributed by atoms with E-state index in [0.29, 0.717) is 28.8 Å². The first-order valence-electron chi connectivity index (χ1n) is 9.00. The highest BCUT2D eigenvalue weighted by atomic mass is 32.2. The molecule has 0 aliphatic heterocycles. The van der Waals surface area contributed by atoms with Gasteiger partial charge in [0, 0.05) is 27.7 Å². The Morgan fingerprint density at radius 1 is 1.14 bits per heavy atom. The number of benzene rings is 1. The molecule has 3 heterocycles. The number of aromatic nitrogens is 5. The molecule has 1 unspecified atom stereocenters. The Hall–Kier alpha value is -3.46. The van der Waals surface area contributed by atoms with E-state index in [9.17, 15) is 9.00 Å². The lowest BCUT2D eigenvalue weighted by Gasteiger charge is -2.05. The van der Waals surface area contributed by atoms with E-state index in [1.54, 1.807) is 37.4 Å². The molecule has 4 aromatic rings. The van der Waals surface area contributed by atoms with Crippen molar-refractivity contribution in [3.05, 3.63) is 60.2 Å². The molecule has 0 aliphatic carbocycles. The van der Waals surface area contributed by atoms with E-state index in [2.05, 4.69) is 30.2 Å². The van der Waals surface area contributed by atoms with Gasteiger partial charge in [0.05, 0.1) is 10.8 Å². The maximum Gasteiger partial charge on any atom is 0.274 e. The number of pyridine rings is 1. The summed E-state index contributed by atoms with van der Waals surface area (Å²) in [4.78, 5) is 33.5. The number of carbonyl (C=O) groups is 1. The van der Waals surface area contributed by atoms with Gasteiger partial charge in [0.15, 0.2) is 5.82 Å². The summed E-state index contributed by atoms with van der Waals surface area (Å²) in [7, 11) is -1.05. The summed E-state index contributed by atoms with van der Waals surface area (Å²) < 4.78 is 12.0. The van der Waals surface area contributed by atoms with Gasteiger partial charge in [0.1, 0.15) is 17.2 Å². The van der Waals surface area contributed by atoms with Crippen LogP contribution in [0.3, 0.4) is 0 Å². The average Bonchev–Trinajstić information content (AvgIpc) is 3.17. The molecule has 4 rings (SSSR count). The quantitative estimate of drug-likeness (QED) is 0.526. The highest BCUT2D eigenvalue weighted by molar-refractivity contribution is 7.85. The zero-order valence-corrected chi connectivity index (χ0v) is 16.7. The van der Waals surface area contributed by atoms with Gasteiger partial charge in [-0.1, -0.05) is 13.0 Å². The van der Waals surface area contributed by atoms with Crippen molar-refractivity contribution in [2.24, 2.45) is 0 Å². The Labute approximate surface area is 169 Å². The average molecular weight is 406 g/mol. The van der Waals surface area contributed by atoms with Crippen LogP contribution in [0.2, 0.25) is 0 Å². The van der Waals surface area contributed by atoms with Crippen LogP contribution in [-0.2, 0) is 10.8 Å². The standard InChI is InChI=1S/C20H18N6O2S/c1-3-29(28)14-7-8-15-13(10-14)11-17(24-15)19(27)26-20-23-12(2)22-18(25-20)16-6-4-5-9-21-16/h4-11,24H,3H2,1-2H3,(H,22,23,25,26,27). The second kappa shape index (κ2) is 7.88. The van der Waals surface area contributed by atoms with Gasteiger partial charge in [0.2, 0.25) is 5.95 Å². The number of nitrogens with zero attached hydrogens (tertiary/aromatic N) is 4. The summed E-state index contributed by atoms with van der Waals surface area (Å²) in [6.45, 7) is 3.59. The minimum absolute atomic E-state index is 0.148. The van der Waals surface area contributed by atoms with Gasteiger partial charge in [-0.05, 0) is 43.3 Å². The summed E-state index contributed by atoms with van der Waals surface area (Å²) >= 11 is 0. The first-order chi connectivity index (χ1) is 14.0. The van der Waals surface area contributed by atoms with Gasteiger partial charge in [-0.15, -0.1) is 0 Å². The van der Waals surface area contributed by atoms with Crippen LogP contribution in [0.15, 0.2) is 53.6 Å². The van der Waals surface area contributed by atoms with Crippen LogP contribution in [0, 0.1) is 6.92 Å². The Morgan fingerprint density at radius 2 is 2.00 bits per heavy atom. The molecule has 0 aliphatic rings. The van der Waals surface area contributed by atoms with Gasteiger partial charge in [0.25, 0.3) is 5.91 Å². The van der Waals surface area contributed by atoms with E-state index in [-0.39, 0.29) is 11.9 Å². The van der Waals surface area contributed by atoms with Crippen LogP contribution < -0.4 is 5.32 Å². The summed E-state index contributed by atoms with van der Waals surface area (Å²) in [6.07, 6.45) is 1.65. The van der Waals surface area contributed by atoms with Gasteiger partial charge < -0.3 is 4.98 Å². The van der Waals surface area contributed by atoms with Gasteiger partial charge >= 0.3 is 0 Å². The predicted molar refractivity (Wildman–Crippen MR) is 111 cm³/mol. The Morgan fingerprint density at radius 3 is 2.76 bits per heavy atom. The number of amides is 1. The van der Waals surface area contributed by atoms with Crippen LogP contribution in [0.4, 0.5) is 5.95 Å². The summed E-state index contributed by atoms with van der Waals surface area (Å²) in [5, 5.41) is 3.51. The molecular weight excluding hydrogens is 388 g/mol. The largest absolute Gasteiger partial charge is 0.351 e. The van der Waals surface area contributed by atoms with E-state index in [1.807, 2.05) is 25.1 Å². The topological polar surface area (TPSA) is 114 Å². The molecule has 0 radical (unpaired) electrons. The number of hydrogen-bond donors (Lipinski definition) is 2. The number of carbonyl (C=O) groups excluding carboxylic acids is 1. The van der Waals surface area contributed by atoms with E-state index in [0.717, 1.165) is 15.8 Å². The van der Waals surface area contributed by atoms with Gasteiger partial charge in [-0.2, -0.15) is 9.97 Å². The highest BCUT2D eigenvalue weighted by Crippen LogP contribution is 2.20. The molecule has 0 bridgehead atoms. The minimum Gasteiger partial charge on any atom is -0.351 e. The van der Waals surface area contributed by atoms with Crippen LogP contribution >= 0.6 is 0 Å². The molecular formula is C20H18N6O2S. The lowest BCUT2D eigenvalue weighted by atomic mass is 10.2. The SMILES string of the molecule is CCS(=O)c1ccc2[nH]c(C(=O)Nc3nc(C)nc(-c4ccccn4)n3)cc2c1. The second-order valence-electron chi connectivity index (χ2n) is 6.27. The third-order valence-electron chi connectivity index (χ3n) is 4.23. The van der Waals surface area contributed by atoms with E-state index < -0.39 is 10.8 Å². The fourth-order valence-electron chi connectivity index (χ4n) is 2.86. The fraction of sp³-hybridized carbons (Fsp3) is 0.150. The molecule has 8 nitrogen and oxygen atoms in total. The molecule has 3 aromatic heterocycles. The molecule has 1 amide bonds. The van der Waals surface area contributed by atoms with Crippen molar-refractivity contribution in [1.82, 2.24) is 24.9 Å². The van der Waals surface area contributed by atoms with Crippen LogP contribution in [0.1, 0.15) is 23.2 Å². The van der Waals surface area contributed by atoms with Crippen LogP contribution in [0.25, 0.3) is 22.4 Å². The molecule has 29 heavy (non-hydrogen) atoms. The number of aryl methyl sites for hydroxylation is 1. The molecule has 0 spiro atoms. The zero-order valence-electron chi connectivity index (χ0n) is 15.8. The van der Waals surface area contributed by atoms with Crippen molar-refractivity contribution in [2.75, 3.05) is 11.1 Å². The molecule has 0 fully saturated rings. The normalized spacial score (nSPS) is 12.1. The number of rotatable bonds is 5. The molecule has 0 saturated carbocycles. The molecule has 1 atom stereocenters. The maximum absolute atomic E-state index is 12.7. The highest BCUT2D eigenvalue weighted by Gasteiger charge is 2.14. The number of H-pyrrole nitrogens is 1. The molecule has 0 saturated heterocycles. The first kappa shape index (κ1) is 18.9. The van der Waals surface area contributed by atoms with Crippen molar-refractivity contribution < 1.29 is 9.00 Å². The summed E-state index contributed by atoms with van der Waals surface area (Å²) in [5.41, 5.74) is 1.74. The van der Waals surface area contributed by atoms with E-state index >= 15 is 0 Å². The number of anilines is 1. The molecule has 2 N–H and O–H groups in total. The van der Waals surface area contributed by atoms with Crippen molar-refractivity contribution in [2.45, 2.75) is 18.7 Å². The predicted octanol–water partition coefficient (Wildman–Crippen LogP) is 3.10. The molecule has 9 heteroatoms. The van der Waals surface area contributed by atoms with Crippen molar-refractivity contribution in [3.63, 3.8) is 0 Å². The van der Waals surface area contributed by atoms with Crippen molar-refractivity contribution >= 4 is 33.6 Å². The fourth-order valence-corrected chi connectivity index (χ4v) is 3.67. The lowest BCUT2D eigenvalue weighted by molar-refractivity contribution is 0.102. The van der Waals surface area contributed by atoms with E-state index in [1.165, 1.54) is 0 Å². The minimum atomic E-state index is -1.05. The Kier molecular flexibility index (Phi) is 5.13. The number of fused-ring (bicyclic) bond motifs is 1. The number of nitrogens with one attached hydrogen (secondary N) is 2. The third-order valence-corrected chi connectivity index (χ3v) is 5.53. The van der Waals surface area contributed by atoms with Crippen molar-refractivity contribution in [1.29, 1.82) is 0 Å². The van der Waals surface area contributed by atoms with E-state index in [4.69, 9.17) is 0 Å². The molecule has 146 valence electrons. The number of aromatic amines is 1. The maximum atomic E-state index is 12.7. The van der Waals surface area contributed by atoms with Crippen molar-refractivity contribution in [3.8, 4) is 11.5 Å². The summed E-state index contributed by atoms with van der Waals surface area (Å²) in [6, 6.07) is 12.6. The zero-order chi connectivity index (χ0) is 20.4. The molecule has 1 aromatic carbocycles.